The molecule has 0 spiro atoms. The first-order valence-electron chi connectivity index (χ1n) is 7.87. The average molecular weight is 353 g/mol. The van der Waals surface area contributed by atoms with E-state index in [1.807, 2.05) is 0 Å². The second-order valence-electron chi connectivity index (χ2n) is 6.33. The Balaban J connectivity index is 1.69. The molecule has 130 valence electrons. The molecule has 0 aliphatic carbocycles. The Morgan fingerprint density at radius 3 is 2.88 bits per heavy atom. The number of aromatic nitrogens is 4. The maximum atomic E-state index is 13.1. The van der Waals surface area contributed by atoms with Crippen LogP contribution in [0.5, 0.6) is 0 Å². The first kappa shape index (κ1) is 15.7. The number of piperidine rings is 1. The van der Waals surface area contributed by atoms with Gasteiger partial charge in [0.15, 0.2) is 10.9 Å². The third-order valence-corrected chi connectivity index (χ3v) is 6.39. The van der Waals surface area contributed by atoms with E-state index in [0.717, 1.165) is 0 Å². The minimum Gasteiger partial charge on any atom is -0.376 e. The van der Waals surface area contributed by atoms with Gasteiger partial charge < -0.3 is 13.8 Å². The molecule has 10 heteroatoms. The lowest BCUT2D eigenvalue weighted by Gasteiger charge is -2.38. The van der Waals surface area contributed by atoms with Gasteiger partial charge in [0.25, 0.3) is 10.0 Å². The molecule has 2 saturated heterocycles. The predicted octanol–water partition coefficient (Wildman–Crippen LogP) is 0.447. The SMILES string of the molecule is Cc1noc([C@@H]2C[C@H]3OCC[C@H]3N(S(=O)(=O)c3cn(C)cn3)C2)n1. The fourth-order valence-electron chi connectivity index (χ4n) is 3.48. The summed E-state index contributed by atoms with van der Waals surface area (Å²) in [6.07, 6.45) is 4.21. The Morgan fingerprint density at radius 1 is 1.38 bits per heavy atom. The molecule has 4 rings (SSSR count). The highest BCUT2D eigenvalue weighted by Crippen LogP contribution is 2.38. The van der Waals surface area contributed by atoms with Crippen LogP contribution in [0.3, 0.4) is 0 Å². The number of fused-ring (bicyclic) bond motifs is 1. The fourth-order valence-corrected chi connectivity index (χ4v) is 5.17. The molecular formula is C14H19N5O4S. The smallest absolute Gasteiger partial charge is 0.262 e. The highest BCUT2D eigenvalue weighted by atomic mass is 32.2. The van der Waals surface area contributed by atoms with Crippen LogP contribution in [0.25, 0.3) is 0 Å². The van der Waals surface area contributed by atoms with Crippen LogP contribution in [0.1, 0.15) is 30.5 Å². The molecule has 2 fully saturated rings. The van der Waals surface area contributed by atoms with Crippen molar-refractivity contribution < 1.29 is 17.7 Å². The zero-order chi connectivity index (χ0) is 16.9. The van der Waals surface area contributed by atoms with Crippen LogP contribution in [0.15, 0.2) is 22.1 Å². The molecule has 24 heavy (non-hydrogen) atoms. The van der Waals surface area contributed by atoms with E-state index >= 15 is 0 Å². The molecule has 0 bridgehead atoms. The molecule has 2 aromatic heterocycles. The van der Waals surface area contributed by atoms with E-state index in [4.69, 9.17) is 9.26 Å². The number of hydrogen-bond donors (Lipinski definition) is 0. The van der Waals surface area contributed by atoms with Crippen molar-refractivity contribution in [1.82, 2.24) is 24.0 Å². The van der Waals surface area contributed by atoms with Crippen LogP contribution in [0.2, 0.25) is 0 Å². The lowest BCUT2D eigenvalue weighted by Crippen LogP contribution is -2.51. The molecule has 0 N–H and O–H groups in total. The first-order valence-corrected chi connectivity index (χ1v) is 9.31. The van der Waals surface area contributed by atoms with Crippen molar-refractivity contribution in [3.05, 3.63) is 24.2 Å². The average Bonchev–Trinajstić information content (AvgIpc) is 3.26. The molecule has 0 radical (unpaired) electrons. The van der Waals surface area contributed by atoms with Gasteiger partial charge in [-0.3, -0.25) is 0 Å². The van der Waals surface area contributed by atoms with Crippen molar-refractivity contribution >= 4 is 10.0 Å². The van der Waals surface area contributed by atoms with E-state index in [-0.39, 0.29) is 23.1 Å². The number of rotatable bonds is 3. The third kappa shape index (κ3) is 2.54. The number of aryl methyl sites for hydroxylation is 2. The zero-order valence-electron chi connectivity index (χ0n) is 13.5. The fraction of sp³-hybridized carbons (Fsp3) is 0.643. The topological polar surface area (TPSA) is 103 Å². The van der Waals surface area contributed by atoms with E-state index in [0.29, 0.717) is 37.7 Å². The lowest BCUT2D eigenvalue weighted by molar-refractivity contribution is 0.0417. The standard InChI is InChI=1S/C14H19N5O4S/c1-9-16-14(23-17-9)10-5-12-11(3-4-22-12)19(6-10)24(20,21)13-7-18(2)8-15-13/h7-8,10-12H,3-6H2,1-2H3/t10-,11-,12-/m1/s1. The van der Waals surface area contributed by atoms with Crippen molar-refractivity contribution in [2.75, 3.05) is 13.2 Å². The van der Waals surface area contributed by atoms with Gasteiger partial charge >= 0.3 is 0 Å². The number of imidazole rings is 1. The van der Waals surface area contributed by atoms with Crippen LogP contribution in [0, 0.1) is 6.92 Å². The van der Waals surface area contributed by atoms with Crippen LogP contribution in [0.4, 0.5) is 0 Å². The minimum atomic E-state index is -3.70. The third-order valence-electron chi connectivity index (χ3n) is 4.61. The van der Waals surface area contributed by atoms with Gasteiger partial charge in [0.1, 0.15) is 0 Å². The minimum absolute atomic E-state index is 0.0537. The van der Waals surface area contributed by atoms with Gasteiger partial charge in [0.05, 0.1) is 24.4 Å². The second kappa shape index (κ2) is 5.64. The van der Waals surface area contributed by atoms with E-state index in [2.05, 4.69) is 15.1 Å². The lowest BCUT2D eigenvalue weighted by atomic mass is 9.92. The number of ether oxygens (including phenoxy) is 1. The van der Waals surface area contributed by atoms with Crippen LogP contribution >= 0.6 is 0 Å². The van der Waals surface area contributed by atoms with Crippen LogP contribution in [-0.4, -0.2) is 57.7 Å². The Bertz CT molecular complexity index is 845. The van der Waals surface area contributed by atoms with Gasteiger partial charge in [-0.15, -0.1) is 0 Å². The zero-order valence-corrected chi connectivity index (χ0v) is 14.3. The molecule has 0 saturated carbocycles. The number of nitrogens with zero attached hydrogens (tertiary/aromatic N) is 5. The number of hydrogen-bond acceptors (Lipinski definition) is 7. The van der Waals surface area contributed by atoms with Crippen molar-refractivity contribution in [3.8, 4) is 0 Å². The molecule has 0 aromatic carbocycles. The Hall–Kier alpha value is -1.78. The summed E-state index contributed by atoms with van der Waals surface area (Å²) >= 11 is 0. The predicted molar refractivity (Wildman–Crippen MR) is 81.6 cm³/mol. The maximum Gasteiger partial charge on any atom is 0.262 e. The Morgan fingerprint density at radius 2 is 2.21 bits per heavy atom. The van der Waals surface area contributed by atoms with E-state index < -0.39 is 10.0 Å². The summed E-state index contributed by atoms with van der Waals surface area (Å²) in [5.74, 6) is 0.824. The van der Waals surface area contributed by atoms with Gasteiger partial charge in [-0.05, 0) is 19.8 Å². The van der Waals surface area contributed by atoms with Gasteiger partial charge in [-0.2, -0.15) is 9.29 Å². The van der Waals surface area contributed by atoms with Crippen LogP contribution in [-0.2, 0) is 21.8 Å². The van der Waals surface area contributed by atoms with E-state index in [1.165, 1.54) is 16.8 Å². The summed E-state index contributed by atoms with van der Waals surface area (Å²) in [5.41, 5.74) is 0. The summed E-state index contributed by atoms with van der Waals surface area (Å²) in [5, 5.41) is 3.87. The Labute approximate surface area is 139 Å². The van der Waals surface area contributed by atoms with Gasteiger partial charge in [0, 0.05) is 26.4 Å². The normalized spacial score (nSPS) is 28.2. The van der Waals surface area contributed by atoms with Crippen molar-refractivity contribution in [3.63, 3.8) is 0 Å². The summed E-state index contributed by atoms with van der Waals surface area (Å²) in [7, 11) is -1.95. The summed E-state index contributed by atoms with van der Waals surface area (Å²) in [4.78, 5) is 8.29. The molecule has 2 aromatic rings. The molecule has 0 amide bonds. The summed E-state index contributed by atoms with van der Waals surface area (Å²) < 4.78 is 40.3. The molecule has 3 atom stereocenters. The molecule has 2 aliphatic heterocycles. The van der Waals surface area contributed by atoms with Gasteiger partial charge in [-0.1, -0.05) is 5.16 Å². The molecule has 2 aliphatic rings. The highest BCUT2D eigenvalue weighted by molar-refractivity contribution is 7.89. The van der Waals surface area contributed by atoms with Crippen LogP contribution < -0.4 is 0 Å². The largest absolute Gasteiger partial charge is 0.376 e. The maximum absolute atomic E-state index is 13.1. The number of sulfonamides is 1. The van der Waals surface area contributed by atoms with Crippen molar-refractivity contribution in [2.45, 2.75) is 42.9 Å². The van der Waals surface area contributed by atoms with Crippen molar-refractivity contribution in [2.24, 2.45) is 7.05 Å². The quantitative estimate of drug-likeness (QED) is 0.789. The van der Waals surface area contributed by atoms with E-state index in [1.54, 1.807) is 18.5 Å². The second-order valence-corrected chi connectivity index (χ2v) is 8.17. The molecule has 0 unspecified atom stereocenters. The summed E-state index contributed by atoms with van der Waals surface area (Å²) in [6, 6.07) is -0.169. The molecular weight excluding hydrogens is 334 g/mol. The monoisotopic (exact) mass is 353 g/mol. The highest BCUT2D eigenvalue weighted by Gasteiger charge is 2.47. The Kier molecular flexibility index (Phi) is 3.70. The van der Waals surface area contributed by atoms with Crippen molar-refractivity contribution in [1.29, 1.82) is 0 Å². The molecule has 9 nitrogen and oxygen atoms in total. The van der Waals surface area contributed by atoms with Gasteiger partial charge in [0.2, 0.25) is 5.89 Å². The van der Waals surface area contributed by atoms with E-state index in [9.17, 15) is 8.42 Å². The first-order chi connectivity index (χ1) is 11.4. The van der Waals surface area contributed by atoms with Gasteiger partial charge in [-0.25, -0.2) is 13.4 Å². The summed E-state index contributed by atoms with van der Waals surface area (Å²) in [6.45, 7) is 2.59. The molecule has 4 heterocycles.